The van der Waals surface area contributed by atoms with Crippen LogP contribution in [0.2, 0.25) is 0 Å². The Balaban J connectivity index is 1.89. The van der Waals surface area contributed by atoms with Gasteiger partial charge in [0.25, 0.3) is 0 Å². The molecule has 2 aromatic rings. The normalized spacial score (nSPS) is 14.0. The minimum atomic E-state index is 0.0962. The van der Waals surface area contributed by atoms with E-state index in [0.717, 1.165) is 0 Å². The van der Waals surface area contributed by atoms with Crippen molar-refractivity contribution in [3.63, 3.8) is 0 Å². The molecule has 0 saturated carbocycles. The van der Waals surface area contributed by atoms with Gasteiger partial charge in [0.15, 0.2) is 0 Å². The van der Waals surface area contributed by atoms with E-state index in [2.05, 4.69) is 87.4 Å². The lowest BCUT2D eigenvalue weighted by atomic mass is 9.65. The van der Waals surface area contributed by atoms with Crippen LogP contribution in [0.15, 0.2) is 45.3 Å². The molecule has 3 rings (SSSR count). The Morgan fingerprint density at radius 2 is 1.00 bits per heavy atom. The van der Waals surface area contributed by atoms with Gasteiger partial charge in [-0.2, -0.15) is 0 Å². The molecule has 32 heavy (non-hydrogen) atoms. The van der Waals surface area contributed by atoms with Crippen molar-refractivity contribution in [2.45, 2.75) is 109 Å². The quantitative estimate of drug-likeness (QED) is 0.226. The highest BCUT2D eigenvalue weighted by molar-refractivity contribution is 9.11. The number of hydrogen-bond donors (Lipinski definition) is 1. The first-order valence-corrected chi connectivity index (χ1v) is 14.6. The summed E-state index contributed by atoms with van der Waals surface area (Å²) in [6, 6.07) is 13.6. The van der Waals surface area contributed by atoms with Gasteiger partial charge in [0.1, 0.15) is 0 Å². The van der Waals surface area contributed by atoms with Gasteiger partial charge in [0.2, 0.25) is 0 Å². The summed E-state index contributed by atoms with van der Waals surface area (Å²) in [5.74, 6) is 0. The molecule has 2 aromatic carbocycles. The van der Waals surface area contributed by atoms with Crippen LogP contribution in [0.4, 0.5) is 11.4 Å². The lowest BCUT2D eigenvalue weighted by molar-refractivity contribution is 0.389. The molecule has 0 bridgehead atoms. The second kappa shape index (κ2) is 13.2. The van der Waals surface area contributed by atoms with E-state index >= 15 is 0 Å². The van der Waals surface area contributed by atoms with Crippen LogP contribution in [0.1, 0.15) is 115 Å². The smallest absolute Gasteiger partial charge is 0.0570 e. The first-order chi connectivity index (χ1) is 15.6. The van der Waals surface area contributed by atoms with Gasteiger partial charge >= 0.3 is 0 Å². The molecule has 1 aliphatic heterocycles. The lowest BCUT2D eigenvalue weighted by Gasteiger charge is -2.42. The molecule has 1 aliphatic rings. The first-order valence-electron chi connectivity index (χ1n) is 13.0. The number of rotatable bonds is 14. The minimum Gasteiger partial charge on any atom is -0.353 e. The fraction of sp³-hybridized carbons (Fsp3) is 0.586. The van der Waals surface area contributed by atoms with Crippen molar-refractivity contribution in [2.24, 2.45) is 0 Å². The number of nitrogens with one attached hydrogen (secondary N) is 1. The first kappa shape index (κ1) is 25.8. The molecule has 0 aliphatic carbocycles. The van der Waals surface area contributed by atoms with Crippen molar-refractivity contribution in [1.29, 1.82) is 0 Å². The van der Waals surface area contributed by atoms with Crippen molar-refractivity contribution < 1.29 is 0 Å². The molecular weight excluding hydrogens is 522 g/mol. The van der Waals surface area contributed by atoms with Gasteiger partial charge in [0.05, 0.1) is 11.4 Å². The number of para-hydroxylation sites is 2. The summed E-state index contributed by atoms with van der Waals surface area (Å²) in [7, 11) is 0. The zero-order chi connectivity index (χ0) is 22.8. The Bertz CT molecular complexity index is 776. The van der Waals surface area contributed by atoms with Gasteiger partial charge in [-0.3, -0.25) is 0 Å². The van der Waals surface area contributed by atoms with Crippen LogP contribution < -0.4 is 5.32 Å². The average Bonchev–Trinajstić information content (AvgIpc) is 2.79. The summed E-state index contributed by atoms with van der Waals surface area (Å²) < 4.78 is 2.35. The van der Waals surface area contributed by atoms with Crippen LogP contribution in [0.25, 0.3) is 0 Å². The standard InChI is InChI=1S/C29H41Br2N/c1-3-5-7-9-11-13-21-29(22-14-12-10-8-6-4-2)23-17-15-19-25(30)27(23)32-28-24(29)18-16-20-26(28)31/h15-20,32H,3-14,21-22H2,1-2H3. The van der Waals surface area contributed by atoms with Crippen molar-refractivity contribution in [3.05, 3.63) is 56.5 Å². The van der Waals surface area contributed by atoms with E-state index in [-0.39, 0.29) is 5.41 Å². The largest absolute Gasteiger partial charge is 0.353 e. The lowest BCUT2D eigenvalue weighted by Crippen LogP contribution is -2.33. The SMILES string of the molecule is CCCCCCCCC1(CCCCCCCC)c2cccc(Br)c2Nc2c(Br)cccc21. The third-order valence-electron chi connectivity index (χ3n) is 7.22. The van der Waals surface area contributed by atoms with Crippen molar-refractivity contribution in [3.8, 4) is 0 Å². The maximum Gasteiger partial charge on any atom is 0.0570 e. The minimum absolute atomic E-state index is 0.0962. The molecular formula is C29H41Br2N. The molecule has 0 radical (unpaired) electrons. The van der Waals surface area contributed by atoms with Crippen LogP contribution >= 0.6 is 31.9 Å². The van der Waals surface area contributed by atoms with E-state index in [9.17, 15) is 0 Å². The molecule has 1 heterocycles. The maximum absolute atomic E-state index is 3.85. The molecule has 0 spiro atoms. The third-order valence-corrected chi connectivity index (χ3v) is 8.54. The number of halogens is 2. The molecule has 0 saturated heterocycles. The van der Waals surface area contributed by atoms with Gasteiger partial charge in [-0.25, -0.2) is 0 Å². The van der Waals surface area contributed by atoms with Gasteiger partial charge in [-0.15, -0.1) is 0 Å². The van der Waals surface area contributed by atoms with Crippen LogP contribution in [0, 0.1) is 0 Å². The average molecular weight is 563 g/mol. The maximum atomic E-state index is 3.85. The summed E-state index contributed by atoms with van der Waals surface area (Å²) in [5, 5.41) is 3.77. The van der Waals surface area contributed by atoms with E-state index in [1.54, 1.807) is 0 Å². The van der Waals surface area contributed by atoms with Crippen LogP contribution in [-0.2, 0) is 5.41 Å². The Kier molecular flexibility index (Phi) is 10.6. The van der Waals surface area contributed by atoms with Gasteiger partial charge in [-0.05, 0) is 68.0 Å². The summed E-state index contributed by atoms with van der Waals surface area (Å²) >= 11 is 7.71. The predicted molar refractivity (Wildman–Crippen MR) is 148 cm³/mol. The second-order valence-corrected chi connectivity index (χ2v) is 11.3. The van der Waals surface area contributed by atoms with Crippen LogP contribution in [0.3, 0.4) is 0 Å². The number of unbranched alkanes of at least 4 members (excludes halogenated alkanes) is 10. The van der Waals surface area contributed by atoms with Gasteiger partial charge in [0, 0.05) is 14.4 Å². The Labute approximate surface area is 213 Å². The molecule has 3 heteroatoms. The molecule has 0 atom stereocenters. The fourth-order valence-electron chi connectivity index (χ4n) is 5.45. The third kappa shape index (κ3) is 6.20. The highest BCUT2D eigenvalue weighted by atomic mass is 79.9. The molecule has 0 unspecified atom stereocenters. The van der Waals surface area contributed by atoms with Crippen molar-refractivity contribution in [1.82, 2.24) is 0 Å². The topological polar surface area (TPSA) is 12.0 Å². The van der Waals surface area contributed by atoms with E-state index in [0.29, 0.717) is 0 Å². The highest BCUT2D eigenvalue weighted by Crippen LogP contribution is 2.54. The zero-order valence-electron chi connectivity index (χ0n) is 20.1. The predicted octanol–water partition coefficient (Wildman–Crippen LogP) is 11.1. The Morgan fingerprint density at radius 3 is 1.44 bits per heavy atom. The number of anilines is 2. The summed E-state index contributed by atoms with van der Waals surface area (Å²) in [6.07, 6.45) is 18.7. The summed E-state index contributed by atoms with van der Waals surface area (Å²) in [6.45, 7) is 4.60. The highest BCUT2D eigenvalue weighted by Gasteiger charge is 2.41. The number of hydrogen-bond acceptors (Lipinski definition) is 1. The summed E-state index contributed by atoms with van der Waals surface area (Å²) in [4.78, 5) is 0. The molecule has 1 nitrogen and oxygen atoms in total. The second-order valence-electron chi connectivity index (χ2n) is 9.57. The van der Waals surface area contributed by atoms with E-state index in [1.807, 2.05) is 0 Å². The monoisotopic (exact) mass is 561 g/mol. The van der Waals surface area contributed by atoms with Crippen molar-refractivity contribution in [2.75, 3.05) is 5.32 Å². The molecule has 1 N–H and O–H groups in total. The van der Waals surface area contributed by atoms with E-state index in [1.165, 1.54) is 121 Å². The summed E-state index contributed by atoms with van der Waals surface area (Å²) in [5.41, 5.74) is 5.60. The molecule has 176 valence electrons. The molecule has 0 aromatic heterocycles. The van der Waals surface area contributed by atoms with Crippen LogP contribution in [-0.4, -0.2) is 0 Å². The molecule has 0 fully saturated rings. The number of benzene rings is 2. The fourth-order valence-corrected chi connectivity index (χ4v) is 6.38. The van der Waals surface area contributed by atoms with Gasteiger partial charge in [-0.1, -0.05) is 115 Å². The zero-order valence-corrected chi connectivity index (χ0v) is 23.3. The van der Waals surface area contributed by atoms with E-state index in [4.69, 9.17) is 0 Å². The van der Waals surface area contributed by atoms with Crippen LogP contribution in [0.5, 0.6) is 0 Å². The molecule has 0 amide bonds. The van der Waals surface area contributed by atoms with Crippen molar-refractivity contribution >= 4 is 43.2 Å². The van der Waals surface area contributed by atoms with Gasteiger partial charge < -0.3 is 5.32 Å². The Morgan fingerprint density at radius 1 is 0.594 bits per heavy atom. The van der Waals surface area contributed by atoms with E-state index < -0.39 is 0 Å². The number of fused-ring (bicyclic) bond motifs is 2. The Hall–Kier alpha value is -0.800.